The molecular weight excluding hydrogens is 393 g/mol. The molecule has 150 valence electrons. The lowest BCUT2D eigenvalue weighted by Gasteiger charge is -2.09. The number of halogens is 1. The number of aromatic nitrogens is 1. The Hall–Kier alpha value is -3.26. The second-order valence-corrected chi connectivity index (χ2v) is 7.28. The Labute approximate surface area is 171 Å². The summed E-state index contributed by atoms with van der Waals surface area (Å²) in [6, 6.07) is 13.1. The number of amides is 2. The van der Waals surface area contributed by atoms with Crippen molar-refractivity contribution in [3.05, 3.63) is 64.9 Å². The number of anilines is 1. The summed E-state index contributed by atoms with van der Waals surface area (Å²) < 4.78 is 18.6. The molecule has 6 nitrogen and oxygen atoms in total. The molecule has 2 aromatic carbocycles. The van der Waals surface area contributed by atoms with Gasteiger partial charge in [-0.25, -0.2) is 9.37 Å². The molecule has 1 heterocycles. The molecule has 0 fully saturated rings. The number of methoxy groups -OCH3 is 1. The summed E-state index contributed by atoms with van der Waals surface area (Å²) in [5.74, 6) is -1.34. The highest BCUT2D eigenvalue weighted by molar-refractivity contribution is 7.15. The van der Waals surface area contributed by atoms with Gasteiger partial charge in [-0.05, 0) is 31.2 Å². The maximum atomic E-state index is 13.4. The van der Waals surface area contributed by atoms with E-state index < -0.39 is 11.8 Å². The maximum Gasteiger partial charge on any atom is 0.313 e. The van der Waals surface area contributed by atoms with Gasteiger partial charge in [0.25, 0.3) is 0 Å². The molecule has 3 rings (SSSR count). The Balaban J connectivity index is 1.56. The van der Waals surface area contributed by atoms with Crippen LogP contribution in [0, 0.1) is 12.7 Å². The number of nitrogens with zero attached hydrogens (tertiary/aromatic N) is 1. The zero-order valence-electron chi connectivity index (χ0n) is 16.0. The summed E-state index contributed by atoms with van der Waals surface area (Å²) in [6.07, 6.45) is 0.520. The van der Waals surface area contributed by atoms with E-state index in [-0.39, 0.29) is 12.4 Å². The number of aryl methyl sites for hydroxylation is 1. The highest BCUT2D eigenvalue weighted by atomic mass is 32.1. The minimum Gasteiger partial charge on any atom is -0.495 e. The van der Waals surface area contributed by atoms with Gasteiger partial charge in [0, 0.05) is 23.4 Å². The Morgan fingerprint density at radius 3 is 2.69 bits per heavy atom. The van der Waals surface area contributed by atoms with Crippen LogP contribution in [0.2, 0.25) is 0 Å². The minimum absolute atomic E-state index is 0.282. The van der Waals surface area contributed by atoms with Crippen LogP contribution in [0.4, 0.5) is 10.1 Å². The summed E-state index contributed by atoms with van der Waals surface area (Å²) in [4.78, 5) is 29.6. The molecule has 0 aliphatic rings. The number of thiazole rings is 1. The van der Waals surface area contributed by atoms with Crippen LogP contribution in [0.15, 0.2) is 48.5 Å². The largest absolute Gasteiger partial charge is 0.495 e. The molecule has 0 bridgehead atoms. The van der Waals surface area contributed by atoms with Crippen molar-refractivity contribution in [3.8, 4) is 16.3 Å². The fourth-order valence-corrected chi connectivity index (χ4v) is 3.76. The smallest absolute Gasteiger partial charge is 0.313 e. The van der Waals surface area contributed by atoms with E-state index in [0.29, 0.717) is 23.4 Å². The number of hydrogen-bond acceptors (Lipinski definition) is 5. The predicted octanol–water partition coefficient (Wildman–Crippen LogP) is 3.56. The monoisotopic (exact) mass is 413 g/mol. The molecular formula is C21H20FN3O3S. The summed E-state index contributed by atoms with van der Waals surface area (Å²) in [5, 5.41) is 5.85. The first-order valence-electron chi connectivity index (χ1n) is 8.92. The summed E-state index contributed by atoms with van der Waals surface area (Å²) >= 11 is 1.44. The van der Waals surface area contributed by atoms with E-state index in [1.807, 2.05) is 6.92 Å². The van der Waals surface area contributed by atoms with Crippen LogP contribution in [-0.2, 0) is 16.0 Å². The third-order valence-electron chi connectivity index (χ3n) is 4.16. The topological polar surface area (TPSA) is 80.3 Å². The van der Waals surface area contributed by atoms with Crippen LogP contribution in [0.25, 0.3) is 10.6 Å². The van der Waals surface area contributed by atoms with Crippen LogP contribution in [0.3, 0.4) is 0 Å². The normalized spacial score (nSPS) is 10.4. The van der Waals surface area contributed by atoms with Crippen LogP contribution < -0.4 is 15.4 Å². The number of carbonyl (C=O) groups excluding carboxylic acids is 2. The molecule has 0 radical (unpaired) electrons. The number of para-hydroxylation sites is 2. The lowest BCUT2D eigenvalue weighted by Crippen LogP contribution is -2.36. The summed E-state index contributed by atoms with van der Waals surface area (Å²) in [6.45, 7) is 2.15. The van der Waals surface area contributed by atoms with E-state index in [9.17, 15) is 14.0 Å². The first kappa shape index (κ1) is 20.5. The molecule has 29 heavy (non-hydrogen) atoms. The quantitative estimate of drug-likeness (QED) is 0.606. The molecule has 2 N–H and O–H groups in total. The molecule has 0 unspecified atom stereocenters. The Kier molecular flexibility index (Phi) is 6.56. The molecule has 0 atom stereocenters. The SMILES string of the molecule is COc1ccccc1NC(=O)C(=O)NCCc1sc(-c2cccc(F)c2)nc1C. The van der Waals surface area contributed by atoms with Gasteiger partial charge in [0.15, 0.2) is 0 Å². The van der Waals surface area contributed by atoms with Gasteiger partial charge in [0.05, 0.1) is 18.5 Å². The number of benzene rings is 2. The van der Waals surface area contributed by atoms with Crippen molar-refractivity contribution in [2.75, 3.05) is 19.0 Å². The van der Waals surface area contributed by atoms with Gasteiger partial charge in [0.2, 0.25) is 0 Å². The zero-order chi connectivity index (χ0) is 20.8. The van der Waals surface area contributed by atoms with Gasteiger partial charge in [-0.15, -0.1) is 11.3 Å². The highest BCUT2D eigenvalue weighted by Crippen LogP contribution is 2.28. The lowest BCUT2D eigenvalue weighted by molar-refractivity contribution is -0.136. The maximum absolute atomic E-state index is 13.4. The summed E-state index contributed by atoms with van der Waals surface area (Å²) in [7, 11) is 1.49. The average molecular weight is 413 g/mol. The van der Waals surface area contributed by atoms with Crippen molar-refractivity contribution in [1.29, 1.82) is 0 Å². The molecule has 0 saturated carbocycles. The molecule has 1 aromatic heterocycles. The lowest BCUT2D eigenvalue weighted by atomic mass is 10.2. The third-order valence-corrected chi connectivity index (χ3v) is 5.43. The second-order valence-electron chi connectivity index (χ2n) is 6.20. The standard InChI is InChI=1S/C21H20FN3O3S/c1-13-18(29-21(24-13)14-6-5-7-15(22)12-14)10-11-23-19(26)20(27)25-16-8-3-4-9-17(16)28-2/h3-9,12H,10-11H2,1-2H3,(H,23,26)(H,25,27). The van der Waals surface area contributed by atoms with E-state index in [0.717, 1.165) is 15.6 Å². The van der Waals surface area contributed by atoms with E-state index in [4.69, 9.17) is 4.74 Å². The number of rotatable bonds is 6. The van der Waals surface area contributed by atoms with Crippen LogP contribution >= 0.6 is 11.3 Å². The molecule has 0 aliphatic heterocycles. The Bertz CT molecular complexity index is 1040. The Morgan fingerprint density at radius 2 is 1.93 bits per heavy atom. The van der Waals surface area contributed by atoms with Gasteiger partial charge in [-0.2, -0.15) is 0 Å². The minimum atomic E-state index is -0.768. The van der Waals surface area contributed by atoms with Crippen LogP contribution in [0.1, 0.15) is 10.6 Å². The number of nitrogens with one attached hydrogen (secondary N) is 2. The Morgan fingerprint density at radius 1 is 1.14 bits per heavy atom. The molecule has 0 aliphatic carbocycles. The average Bonchev–Trinajstić information content (AvgIpc) is 3.09. The molecule has 0 saturated heterocycles. The highest BCUT2D eigenvalue weighted by Gasteiger charge is 2.16. The molecule has 8 heteroatoms. The van der Waals surface area contributed by atoms with Gasteiger partial charge in [-0.3, -0.25) is 9.59 Å². The van der Waals surface area contributed by atoms with Crippen LogP contribution in [0.5, 0.6) is 5.75 Å². The van der Waals surface area contributed by atoms with Crippen molar-refractivity contribution in [3.63, 3.8) is 0 Å². The number of ether oxygens (including phenoxy) is 1. The number of carbonyl (C=O) groups is 2. The van der Waals surface area contributed by atoms with Gasteiger partial charge in [-0.1, -0.05) is 24.3 Å². The fraction of sp³-hybridized carbons (Fsp3) is 0.190. The molecule has 2 amide bonds. The second kappa shape index (κ2) is 9.29. The van der Waals surface area contributed by atoms with Crippen molar-refractivity contribution in [1.82, 2.24) is 10.3 Å². The fourth-order valence-electron chi connectivity index (χ4n) is 2.70. The van der Waals surface area contributed by atoms with E-state index >= 15 is 0 Å². The summed E-state index contributed by atoms with van der Waals surface area (Å²) in [5.41, 5.74) is 1.96. The molecule has 0 spiro atoms. The number of hydrogen-bond donors (Lipinski definition) is 2. The van der Waals surface area contributed by atoms with Crippen molar-refractivity contribution in [2.24, 2.45) is 0 Å². The van der Waals surface area contributed by atoms with Gasteiger partial charge < -0.3 is 15.4 Å². The van der Waals surface area contributed by atoms with Crippen molar-refractivity contribution in [2.45, 2.75) is 13.3 Å². The zero-order valence-corrected chi connectivity index (χ0v) is 16.8. The first-order valence-corrected chi connectivity index (χ1v) is 9.74. The molecule has 3 aromatic rings. The first-order chi connectivity index (χ1) is 14.0. The van der Waals surface area contributed by atoms with Gasteiger partial charge >= 0.3 is 11.8 Å². The van der Waals surface area contributed by atoms with Gasteiger partial charge in [0.1, 0.15) is 16.6 Å². The van der Waals surface area contributed by atoms with E-state index in [1.54, 1.807) is 36.4 Å². The van der Waals surface area contributed by atoms with E-state index in [2.05, 4.69) is 15.6 Å². The van der Waals surface area contributed by atoms with Crippen molar-refractivity contribution < 1.29 is 18.7 Å². The van der Waals surface area contributed by atoms with Crippen molar-refractivity contribution >= 4 is 28.8 Å². The predicted molar refractivity (Wildman–Crippen MR) is 111 cm³/mol. The van der Waals surface area contributed by atoms with Crippen LogP contribution in [-0.4, -0.2) is 30.5 Å². The third kappa shape index (κ3) is 5.17. The van der Waals surface area contributed by atoms with E-state index in [1.165, 1.54) is 30.6 Å².